The lowest BCUT2D eigenvalue weighted by Crippen LogP contribution is -2.22. The Morgan fingerprint density at radius 2 is 2.11 bits per heavy atom. The average molecular weight is 259 g/mol. The van der Waals surface area contributed by atoms with Crippen LogP contribution in [0.5, 0.6) is 0 Å². The minimum absolute atomic E-state index is 0.0578. The second kappa shape index (κ2) is 7.36. The molecule has 0 atom stereocenters. The van der Waals surface area contributed by atoms with Crippen LogP contribution in [0.3, 0.4) is 0 Å². The van der Waals surface area contributed by atoms with Crippen LogP contribution in [0.15, 0.2) is 36.7 Å². The van der Waals surface area contributed by atoms with Crippen LogP contribution in [0, 0.1) is 6.92 Å². The van der Waals surface area contributed by atoms with Gasteiger partial charge in [-0.25, -0.2) is 0 Å². The van der Waals surface area contributed by atoms with Gasteiger partial charge < -0.3 is 5.32 Å². The molecule has 1 amide bonds. The summed E-state index contributed by atoms with van der Waals surface area (Å²) in [5.41, 5.74) is 2.77. The van der Waals surface area contributed by atoms with Gasteiger partial charge in [0.05, 0.1) is 6.20 Å². The van der Waals surface area contributed by atoms with Crippen molar-refractivity contribution in [2.45, 2.75) is 27.3 Å². The van der Waals surface area contributed by atoms with Crippen LogP contribution < -0.4 is 5.32 Å². The fraction of sp³-hybridized carbons (Fsp3) is 0.333. The molecule has 1 aromatic carbocycles. The molecule has 0 aliphatic heterocycles. The first kappa shape index (κ1) is 15.0. The van der Waals surface area contributed by atoms with Crippen molar-refractivity contribution in [3.8, 4) is 0 Å². The molecule has 19 heavy (non-hydrogen) atoms. The standard InChI is InChI=1S/C13H15N3O.C2H6/c1-10-4-3-5-12(6-10)13(17)14-7-11-8-15-16(2)9-11;1-2/h3-6,8-9H,7H2,1-2H3,(H,14,17);1-2H3. The van der Waals surface area contributed by atoms with E-state index in [1.165, 1.54) is 0 Å². The summed E-state index contributed by atoms with van der Waals surface area (Å²) in [4.78, 5) is 11.8. The van der Waals surface area contributed by atoms with Crippen LogP contribution in [0.2, 0.25) is 0 Å². The van der Waals surface area contributed by atoms with Crippen molar-refractivity contribution in [2.75, 3.05) is 0 Å². The molecule has 0 spiro atoms. The first-order valence-electron chi connectivity index (χ1n) is 6.47. The molecule has 102 valence electrons. The Morgan fingerprint density at radius 1 is 1.37 bits per heavy atom. The highest BCUT2D eigenvalue weighted by Crippen LogP contribution is 2.04. The molecule has 0 aliphatic carbocycles. The number of aromatic nitrogens is 2. The lowest BCUT2D eigenvalue weighted by Gasteiger charge is -2.04. The van der Waals surface area contributed by atoms with Crippen molar-refractivity contribution in [3.05, 3.63) is 53.3 Å². The van der Waals surface area contributed by atoms with E-state index >= 15 is 0 Å². The highest BCUT2D eigenvalue weighted by molar-refractivity contribution is 5.94. The molecule has 4 nitrogen and oxygen atoms in total. The van der Waals surface area contributed by atoms with Gasteiger partial charge in [-0.3, -0.25) is 9.48 Å². The topological polar surface area (TPSA) is 46.9 Å². The van der Waals surface area contributed by atoms with Gasteiger partial charge in [0.1, 0.15) is 0 Å². The Hall–Kier alpha value is -2.10. The molecule has 0 fully saturated rings. The van der Waals surface area contributed by atoms with Crippen LogP contribution in [0.4, 0.5) is 0 Å². The predicted molar refractivity (Wildman–Crippen MR) is 76.9 cm³/mol. The summed E-state index contributed by atoms with van der Waals surface area (Å²) >= 11 is 0. The first-order chi connectivity index (χ1) is 9.15. The van der Waals surface area contributed by atoms with E-state index in [1.54, 1.807) is 10.9 Å². The largest absolute Gasteiger partial charge is 0.348 e. The lowest BCUT2D eigenvalue weighted by molar-refractivity contribution is 0.0951. The highest BCUT2D eigenvalue weighted by Gasteiger charge is 2.05. The third-order valence-electron chi connectivity index (χ3n) is 2.49. The zero-order valence-corrected chi connectivity index (χ0v) is 12.0. The van der Waals surface area contributed by atoms with E-state index in [0.717, 1.165) is 11.1 Å². The Morgan fingerprint density at radius 3 is 2.68 bits per heavy atom. The molecule has 1 aromatic heterocycles. The maximum absolute atomic E-state index is 11.8. The Bertz CT molecular complexity index is 532. The van der Waals surface area contributed by atoms with Crippen LogP contribution in [0.25, 0.3) is 0 Å². The number of aryl methyl sites for hydroxylation is 2. The van der Waals surface area contributed by atoms with Crippen molar-refractivity contribution < 1.29 is 4.79 Å². The molecule has 2 aromatic rings. The molecule has 0 saturated heterocycles. The Labute approximate surface area is 114 Å². The van der Waals surface area contributed by atoms with E-state index in [4.69, 9.17) is 0 Å². The number of hydrogen-bond donors (Lipinski definition) is 1. The fourth-order valence-corrected chi connectivity index (χ4v) is 1.63. The number of hydrogen-bond acceptors (Lipinski definition) is 2. The number of amides is 1. The highest BCUT2D eigenvalue weighted by atomic mass is 16.1. The van der Waals surface area contributed by atoms with Gasteiger partial charge in [-0.1, -0.05) is 31.5 Å². The van der Waals surface area contributed by atoms with Crippen LogP contribution in [0.1, 0.15) is 35.3 Å². The fourth-order valence-electron chi connectivity index (χ4n) is 1.63. The molecular formula is C15H21N3O. The minimum Gasteiger partial charge on any atom is -0.348 e. The van der Waals surface area contributed by atoms with Gasteiger partial charge in [0.15, 0.2) is 0 Å². The quantitative estimate of drug-likeness (QED) is 0.921. The first-order valence-corrected chi connectivity index (χ1v) is 6.47. The Balaban J connectivity index is 0.000000861. The van der Waals surface area contributed by atoms with Gasteiger partial charge in [0, 0.05) is 30.9 Å². The minimum atomic E-state index is -0.0578. The number of nitrogens with zero attached hydrogens (tertiary/aromatic N) is 2. The van der Waals surface area contributed by atoms with Gasteiger partial charge in [0.25, 0.3) is 5.91 Å². The Kier molecular flexibility index (Phi) is 5.79. The summed E-state index contributed by atoms with van der Waals surface area (Å²) < 4.78 is 1.72. The maximum Gasteiger partial charge on any atom is 0.251 e. The summed E-state index contributed by atoms with van der Waals surface area (Å²) in [5.74, 6) is -0.0578. The SMILES string of the molecule is CC.Cc1cccc(C(=O)NCc2cnn(C)c2)c1. The summed E-state index contributed by atoms with van der Waals surface area (Å²) in [6, 6.07) is 7.54. The molecule has 0 aliphatic rings. The molecule has 0 unspecified atom stereocenters. The molecule has 0 saturated carbocycles. The van der Waals surface area contributed by atoms with Gasteiger partial charge in [-0.05, 0) is 19.1 Å². The zero-order chi connectivity index (χ0) is 14.3. The zero-order valence-electron chi connectivity index (χ0n) is 12.0. The maximum atomic E-state index is 11.8. The van der Waals surface area contributed by atoms with E-state index in [9.17, 15) is 4.79 Å². The van der Waals surface area contributed by atoms with Crippen molar-refractivity contribution in [1.29, 1.82) is 0 Å². The third kappa shape index (κ3) is 4.58. The monoisotopic (exact) mass is 259 g/mol. The summed E-state index contributed by atoms with van der Waals surface area (Å²) in [6.07, 6.45) is 3.63. The molecule has 4 heteroatoms. The lowest BCUT2D eigenvalue weighted by atomic mass is 10.1. The third-order valence-corrected chi connectivity index (χ3v) is 2.49. The molecule has 0 bridgehead atoms. The summed E-state index contributed by atoms with van der Waals surface area (Å²) in [6.45, 7) is 6.47. The van der Waals surface area contributed by atoms with Crippen LogP contribution >= 0.6 is 0 Å². The van der Waals surface area contributed by atoms with Crippen LogP contribution in [-0.4, -0.2) is 15.7 Å². The second-order valence-electron chi connectivity index (χ2n) is 4.07. The normalized spacial score (nSPS) is 9.47. The van der Waals surface area contributed by atoms with Gasteiger partial charge in [-0.2, -0.15) is 5.10 Å². The van der Waals surface area contributed by atoms with E-state index in [-0.39, 0.29) is 5.91 Å². The summed E-state index contributed by atoms with van der Waals surface area (Å²) in [5, 5.41) is 6.91. The summed E-state index contributed by atoms with van der Waals surface area (Å²) in [7, 11) is 1.85. The van der Waals surface area contributed by atoms with Crippen molar-refractivity contribution in [3.63, 3.8) is 0 Å². The number of nitrogens with one attached hydrogen (secondary N) is 1. The van der Waals surface area contributed by atoms with Gasteiger partial charge in [0.2, 0.25) is 0 Å². The van der Waals surface area contributed by atoms with Gasteiger partial charge >= 0.3 is 0 Å². The van der Waals surface area contributed by atoms with Crippen molar-refractivity contribution in [1.82, 2.24) is 15.1 Å². The molecule has 1 heterocycles. The molecule has 0 radical (unpaired) electrons. The average Bonchev–Trinajstić information content (AvgIpc) is 2.84. The van der Waals surface area contributed by atoms with Crippen molar-refractivity contribution in [2.24, 2.45) is 7.05 Å². The van der Waals surface area contributed by atoms with E-state index in [0.29, 0.717) is 12.1 Å². The number of carbonyl (C=O) groups excluding carboxylic acids is 1. The van der Waals surface area contributed by atoms with Crippen LogP contribution in [-0.2, 0) is 13.6 Å². The predicted octanol–water partition coefficient (Wildman–Crippen LogP) is 2.68. The van der Waals surface area contributed by atoms with E-state index in [1.807, 2.05) is 58.3 Å². The molecular weight excluding hydrogens is 238 g/mol. The van der Waals surface area contributed by atoms with Gasteiger partial charge in [-0.15, -0.1) is 0 Å². The number of rotatable bonds is 3. The molecule has 1 N–H and O–H groups in total. The van der Waals surface area contributed by atoms with E-state index in [2.05, 4.69) is 10.4 Å². The molecule has 2 rings (SSSR count). The number of benzene rings is 1. The number of carbonyl (C=O) groups is 1. The second-order valence-corrected chi connectivity index (χ2v) is 4.07. The van der Waals surface area contributed by atoms with E-state index < -0.39 is 0 Å². The van der Waals surface area contributed by atoms with Crippen molar-refractivity contribution >= 4 is 5.91 Å². The smallest absolute Gasteiger partial charge is 0.251 e.